The molecule has 0 aliphatic carbocycles. The summed E-state index contributed by atoms with van der Waals surface area (Å²) in [5.74, 6) is 0.235. The fourth-order valence-electron chi connectivity index (χ4n) is 3.33. The smallest absolute Gasteiger partial charge is 0.330 e. The van der Waals surface area contributed by atoms with E-state index in [1.165, 1.54) is 10.8 Å². The van der Waals surface area contributed by atoms with Crippen molar-refractivity contribution in [3.8, 4) is 6.07 Å². The lowest BCUT2D eigenvalue weighted by Gasteiger charge is -2.22. The molecule has 8 nitrogen and oxygen atoms in total. The quantitative estimate of drug-likeness (QED) is 0.763. The van der Waals surface area contributed by atoms with Crippen LogP contribution in [0.15, 0.2) is 29.2 Å². The predicted molar refractivity (Wildman–Crippen MR) is 101 cm³/mol. The van der Waals surface area contributed by atoms with Gasteiger partial charge in [0.25, 0.3) is 0 Å². The van der Waals surface area contributed by atoms with Crippen molar-refractivity contribution < 1.29 is 8.85 Å². The van der Waals surface area contributed by atoms with Crippen LogP contribution in [0.3, 0.4) is 0 Å². The van der Waals surface area contributed by atoms with E-state index < -0.39 is 12.7 Å². The highest BCUT2D eigenvalue weighted by atomic mass is 16.5. The highest BCUT2D eigenvalue weighted by molar-refractivity contribution is 5.73. The molecule has 0 amide bonds. The Hall–Kier alpha value is -3.18. The summed E-state index contributed by atoms with van der Waals surface area (Å²) in [7, 11) is 0. The molecular weight excluding hydrogens is 344 g/mol. The standard InChI is InChI=1S/C19H20N6O2/c1-12-9-13(10-20)3-4-15(12)22-18-21-11-16-17(23-18)25(19(26)24(16)2)14-5-7-27-8-6-14/h3-4,9,11,14H,5-8H2,1-2H3,(H,21,22,23)/i2D3. The van der Waals surface area contributed by atoms with Crippen LogP contribution < -0.4 is 11.0 Å². The number of benzene rings is 1. The summed E-state index contributed by atoms with van der Waals surface area (Å²) in [4.78, 5) is 21.7. The van der Waals surface area contributed by atoms with Crippen molar-refractivity contribution in [1.29, 1.82) is 5.26 Å². The fraction of sp³-hybridized carbons (Fsp3) is 0.368. The van der Waals surface area contributed by atoms with Gasteiger partial charge in [-0.1, -0.05) is 0 Å². The Balaban J connectivity index is 1.83. The van der Waals surface area contributed by atoms with Crippen LogP contribution in [-0.2, 0) is 11.7 Å². The van der Waals surface area contributed by atoms with Crippen LogP contribution in [0.1, 0.15) is 34.1 Å². The minimum Gasteiger partial charge on any atom is -0.381 e. The molecule has 4 rings (SSSR count). The number of hydrogen-bond donors (Lipinski definition) is 1. The van der Waals surface area contributed by atoms with Gasteiger partial charge in [-0.25, -0.2) is 9.78 Å². The van der Waals surface area contributed by atoms with Gasteiger partial charge in [0.2, 0.25) is 5.95 Å². The number of aromatic nitrogens is 4. The zero-order chi connectivity index (χ0) is 21.5. The Bertz CT molecular complexity index is 1200. The van der Waals surface area contributed by atoms with Gasteiger partial charge in [0.15, 0.2) is 5.65 Å². The molecule has 3 aromatic rings. The summed E-state index contributed by atoms with van der Waals surface area (Å²) in [5, 5.41) is 12.1. The highest BCUT2D eigenvalue weighted by Gasteiger charge is 2.23. The number of aryl methyl sites for hydroxylation is 2. The zero-order valence-electron chi connectivity index (χ0n) is 17.8. The van der Waals surface area contributed by atoms with E-state index in [1.54, 1.807) is 18.2 Å². The van der Waals surface area contributed by atoms with Crippen LogP contribution in [0.5, 0.6) is 0 Å². The lowest BCUT2D eigenvalue weighted by atomic mass is 10.1. The van der Waals surface area contributed by atoms with Gasteiger partial charge in [-0.05, 0) is 43.5 Å². The van der Waals surface area contributed by atoms with Gasteiger partial charge in [-0.15, -0.1) is 0 Å². The predicted octanol–water partition coefficient (Wildman–Crippen LogP) is 2.41. The molecule has 3 heterocycles. The molecule has 1 aromatic carbocycles. The van der Waals surface area contributed by atoms with Crippen molar-refractivity contribution in [2.45, 2.75) is 25.8 Å². The number of imidazole rings is 1. The molecule has 0 atom stereocenters. The zero-order valence-corrected chi connectivity index (χ0v) is 14.8. The van der Waals surface area contributed by atoms with E-state index in [-0.39, 0.29) is 23.2 Å². The Kier molecular flexibility index (Phi) is 3.54. The van der Waals surface area contributed by atoms with E-state index >= 15 is 0 Å². The maximum absolute atomic E-state index is 13.0. The monoisotopic (exact) mass is 367 g/mol. The van der Waals surface area contributed by atoms with Gasteiger partial charge in [0, 0.05) is 36.0 Å². The lowest BCUT2D eigenvalue weighted by Crippen LogP contribution is -2.30. The molecule has 0 spiro atoms. The van der Waals surface area contributed by atoms with Crippen LogP contribution in [0.4, 0.5) is 11.6 Å². The molecule has 1 aliphatic heterocycles. The largest absolute Gasteiger partial charge is 0.381 e. The number of anilines is 2. The normalized spacial score (nSPS) is 17.1. The Morgan fingerprint density at radius 1 is 1.41 bits per heavy atom. The third-order valence-electron chi connectivity index (χ3n) is 4.77. The van der Waals surface area contributed by atoms with Crippen LogP contribution >= 0.6 is 0 Å². The second-order valence-corrected chi connectivity index (χ2v) is 6.50. The molecule has 0 bridgehead atoms. The first-order valence-corrected chi connectivity index (χ1v) is 8.65. The molecule has 8 heteroatoms. The topological polar surface area (TPSA) is 97.8 Å². The number of nitrogens with zero attached hydrogens (tertiary/aromatic N) is 5. The Morgan fingerprint density at radius 2 is 2.22 bits per heavy atom. The molecule has 1 N–H and O–H groups in total. The van der Waals surface area contributed by atoms with Crippen LogP contribution in [0.25, 0.3) is 11.2 Å². The van der Waals surface area contributed by atoms with Crippen LogP contribution in [0, 0.1) is 18.3 Å². The summed E-state index contributed by atoms with van der Waals surface area (Å²) in [5.41, 5.74) is 1.89. The number of nitriles is 1. The van der Waals surface area contributed by atoms with Gasteiger partial charge in [0.1, 0.15) is 5.52 Å². The van der Waals surface area contributed by atoms with Crippen molar-refractivity contribution in [2.75, 3.05) is 18.5 Å². The number of ether oxygens (including phenoxy) is 1. The first-order chi connectivity index (χ1) is 14.3. The van der Waals surface area contributed by atoms with E-state index in [9.17, 15) is 4.79 Å². The summed E-state index contributed by atoms with van der Waals surface area (Å²) in [6.07, 6.45) is 2.55. The fourth-order valence-corrected chi connectivity index (χ4v) is 3.33. The van der Waals surface area contributed by atoms with E-state index in [0.29, 0.717) is 37.3 Å². The minimum atomic E-state index is -2.65. The van der Waals surface area contributed by atoms with Crippen molar-refractivity contribution in [1.82, 2.24) is 19.1 Å². The molecule has 0 radical (unpaired) electrons. The summed E-state index contributed by atoms with van der Waals surface area (Å²) in [6, 6.07) is 7.06. The molecule has 0 saturated carbocycles. The first kappa shape index (κ1) is 13.9. The highest BCUT2D eigenvalue weighted by Crippen LogP contribution is 2.25. The molecule has 1 fully saturated rings. The molecule has 2 aromatic heterocycles. The van der Waals surface area contributed by atoms with E-state index in [4.69, 9.17) is 14.1 Å². The van der Waals surface area contributed by atoms with Crippen LogP contribution in [-0.4, -0.2) is 32.3 Å². The van der Waals surface area contributed by atoms with Crippen molar-refractivity contribution >= 4 is 22.8 Å². The average Bonchev–Trinajstić information content (AvgIpc) is 3.01. The number of rotatable bonds is 3. The molecule has 1 aliphatic rings. The average molecular weight is 367 g/mol. The second kappa shape index (κ2) is 6.85. The Labute approximate surface area is 160 Å². The maximum atomic E-state index is 13.0. The van der Waals surface area contributed by atoms with E-state index in [0.717, 1.165) is 10.1 Å². The third-order valence-corrected chi connectivity index (χ3v) is 4.77. The summed E-state index contributed by atoms with van der Waals surface area (Å²) < 4.78 is 31.0. The Morgan fingerprint density at radius 3 is 2.93 bits per heavy atom. The van der Waals surface area contributed by atoms with Crippen LogP contribution in [0.2, 0.25) is 0 Å². The third kappa shape index (κ3) is 3.06. The van der Waals surface area contributed by atoms with Gasteiger partial charge >= 0.3 is 5.69 Å². The summed E-state index contributed by atoms with van der Waals surface area (Å²) in [6.45, 7) is 0.203. The van der Waals surface area contributed by atoms with Gasteiger partial charge in [-0.2, -0.15) is 10.2 Å². The van der Waals surface area contributed by atoms with Crippen molar-refractivity contribution in [3.63, 3.8) is 0 Å². The minimum absolute atomic E-state index is 0.161. The van der Waals surface area contributed by atoms with Crippen molar-refractivity contribution in [2.24, 2.45) is 6.98 Å². The van der Waals surface area contributed by atoms with E-state index in [1.807, 2.05) is 6.92 Å². The SMILES string of the molecule is [2H]C([2H])([2H])n1c(=O)n(C2CCOCC2)c2nc(Nc3ccc(C#N)cc3C)ncc21. The molecule has 138 valence electrons. The maximum Gasteiger partial charge on any atom is 0.330 e. The molecular formula is C19H20N6O2. The van der Waals surface area contributed by atoms with Gasteiger partial charge in [-0.3, -0.25) is 9.13 Å². The molecule has 1 saturated heterocycles. The number of fused-ring (bicyclic) bond motifs is 1. The second-order valence-electron chi connectivity index (χ2n) is 6.50. The first-order valence-electron chi connectivity index (χ1n) is 10.2. The molecule has 0 unspecified atom stereocenters. The molecule has 27 heavy (non-hydrogen) atoms. The van der Waals surface area contributed by atoms with Crippen molar-refractivity contribution in [3.05, 3.63) is 46.0 Å². The van der Waals surface area contributed by atoms with Gasteiger partial charge < -0.3 is 10.1 Å². The van der Waals surface area contributed by atoms with Gasteiger partial charge in [0.05, 0.1) is 17.8 Å². The summed E-state index contributed by atoms with van der Waals surface area (Å²) >= 11 is 0. The lowest BCUT2D eigenvalue weighted by molar-refractivity contribution is 0.0695. The van der Waals surface area contributed by atoms with E-state index in [2.05, 4.69) is 21.4 Å². The number of nitrogens with one attached hydrogen (secondary N) is 1. The number of hydrogen-bond acceptors (Lipinski definition) is 6.